The summed E-state index contributed by atoms with van der Waals surface area (Å²) in [5.41, 5.74) is 0. The fourth-order valence-electron chi connectivity index (χ4n) is 1.97. The fourth-order valence-corrected chi connectivity index (χ4v) is 1.97. The van der Waals surface area contributed by atoms with Crippen LogP contribution in [0.15, 0.2) is 0 Å². The molecule has 1 aromatic heterocycles. The second kappa shape index (κ2) is 4.86. The number of H-pyrrole nitrogens is 1. The normalized spacial score (nSPS) is 17.6. The second-order valence-corrected chi connectivity index (χ2v) is 3.95. The predicted molar refractivity (Wildman–Crippen MR) is 53.1 cm³/mol. The SMILES string of the molecule is O=C(NCC1CCCCC1)c1nn[nH]n1. The summed E-state index contributed by atoms with van der Waals surface area (Å²) in [5, 5.41) is 15.7. The topological polar surface area (TPSA) is 83.6 Å². The Labute approximate surface area is 87.8 Å². The summed E-state index contributed by atoms with van der Waals surface area (Å²) in [6.07, 6.45) is 6.32. The van der Waals surface area contributed by atoms with Crippen LogP contribution in [-0.2, 0) is 0 Å². The van der Waals surface area contributed by atoms with Crippen LogP contribution in [0.3, 0.4) is 0 Å². The van der Waals surface area contributed by atoms with Gasteiger partial charge < -0.3 is 5.32 Å². The molecule has 0 unspecified atom stereocenters. The number of aromatic nitrogens is 4. The van der Waals surface area contributed by atoms with E-state index in [-0.39, 0.29) is 11.7 Å². The van der Waals surface area contributed by atoms with Crippen molar-refractivity contribution in [2.45, 2.75) is 32.1 Å². The van der Waals surface area contributed by atoms with E-state index < -0.39 is 0 Å². The lowest BCUT2D eigenvalue weighted by molar-refractivity contribution is 0.0933. The molecule has 15 heavy (non-hydrogen) atoms. The number of hydrogen-bond donors (Lipinski definition) is 2. The number of rotatable bonds is 3. The summed E-state index contributed by atoms with van der Waals surface area (Å²) >= 11 is 0. The first kappa shape index (κ1) is 10.1. The summed E-state index contributed by atoms with van der Waals surface area (Å²) in [5.74, 6) is 0.495. The van der Waals surface area contributed by atoms with Gasteiger partial charge in [-0.1, -0.05) is 19.3 Å². The molecule has 2 rings (SSSR count). The lowest BCUT2D eigenvalue weighted by Gasteiger charge is -2.21. The van der Waals surface area contributed by atoms with E-state index in [0.717, 1.165) is 6.54 Å². The quantitative estimate of drug-likeness (QED) is 0.759. The van der Waals surface area contributed by atoms with Gasteiger partial charge in [-0.15, -0.1) is 10.2 Å². The molecular weight excluding hydrogens is 194 g/mol. The van der Waals surface area contributed by atoms with Gasteiger partial charge in [0.1, 0.15) is 0 Å². The molecule has 0 aromatic carbocycles. The van der Waals surface area contributed by atoms with Crippen LogP contribution >= 0.6 is 0 Å². The monoisotopic (exact) mass is 209 g/mol. The van der Waals surface area contributed by atoms with Gasteiger partial charge in [-0.05, 0) is 24.0 Å². The van der Waals surface area contributed by atoms with Crippen molar-refractivity contribution in [2.24, 2.45) is 5.92 Å². The molecule has 1 fully saturated rings. The molecule has 82 valence electrons. The molecule has 0 saturated heterocycles. The molecule has 1 saturated carbocycles. The summed E-state index contributed by atoms with van der Waals surface area (Å²) in [7, 11) is 0. The highest BCUT2D eigenvalue weighted by Gasteiger charge is 2.16. The fraction of sp³-hybridized carbons (Fsp3) is 0.778. The molecule has 1 heterocycles. The third kappa shape index (κ3) is 2.74. The van der Waals surface area contributed by atoms with Gasteiger partial charge in [0.2, 0.25) is 0 Å². The van der Waals surface area contributed by atoms with Crippen LogP contribution in [-0.4, -0.2) is 33.1 Å². The van der Waals surface area contributed by atoms with E-state index in [4.69, 9.17) is 0 Å². The maximum Gasteiger partial charge on any atom is 0.292 e. The Morgan fingerprint density at radius 2 is 2.20 bits per heavy atom. The maximum atomic E-state index is 11.5. The molecule has 1 amide bonds. The van der Waals surface area contributed by atoms with Crippen molar-refractivity contribution in [1.82, 2.24) is 25.9 Å². The van der Waals surface area contributed by atoms with Gasteiger partial charge in [-0.25, -0.2) is 0 Å². The minimum Gasteiger partial charge on any atom is -0.349 e. The molecule has 0 aliphatic heterocycles. The highest BCUT2D eigenvalue weighted by molar-refractivity contribution is 5.89. The van der Waals surface area contributed by atoms with E-state index in [0.29, 0.717) is 5.92 Å². The lowest BCUT2D eigenvalue weighted by atomic mass is 9.89. The highest BCUT2D eigenvalue weighted by atomic mass is 16.2. The second-order valence-electron chi connectivity index (χ2n) is 3.95. The molecular formula is C9H15N5O. The number of tetrazole rings is 1. The maximum absolute atomic E-state index is 11.5. The van der Waals surface area contributed by atoms with Crippen LogP contribution in [0.25, 0.3) is 0 Å². The number of nitrogens with zero attached hydrogens (tertiary/aromatic N) is 3. The van der Waals surface area contributed by atoms with Crippen LogP contribution in [0, 0.1) is 5.92 Å². The number of carbonyl (C=O) groups is 1. The van der Waals surface area contributed by atoms with E-state index in [1.54, 1.807) is 0 Å². The van der Waals surface area contributed by atoms with Crippen molar-refractivity contribution in [3.05, 3.63) is 5.82 Å². The number of carbonyl (C=O) groups excluding carboxylic acids is 1. The number of nitrogens with one attached hydrogen (secondary N) is 2. The molecule has 2 N–H and O–H groups in total. The summed E-state index contributed by atoms with van der Waals surface area (Å²) < 4.78 is 0. The Hall–Kier alpha value is -1.46. The van der Waals surface area contributed by atoms with E-state index in [9.17, 15) is 4.79 Å². The van der Waals surface area contributed by atoms with Crippen molar-refractivity contribution < 1.29 is 4.79 Å². The number of hydrogen-bond acceptors (Lipinski definition) is 4. The van der Waals surface area contributed by atoms with E-state index in [1.165, 1.54) is 32.1 Å². The molecule has 0 bridgehead atoms. The van der Waals surface area contributed by atoms with Crippen molar-refractivity contribution in [1.29, 1.82) is 0 Å². The zero-order valence-corrected chi connectivity index (χ0v) is 8.57. The first-order valence-corrected chi connectivity index (χ1v) is 5.38. The van der Waals surface area contributed by atoms with Gasteiger partial charge in [-0.2, -0.15) is 5.21 Å². The molecule has 6 heteroatoms. The van der Waals surface area contributed by atoms with E-state index in [1.807, 2.05) is 0 Å². The number of aromatic amines is 1. The predicted octanol–water partition coefficient (Wildman–Crippen LogP) is 0.510. The zero-order valence-electron chi connectivity index (χ0n) is 8.57. The Kier molecular flexibility index (Phi) is 3.26. The van der Waals surface area contributed by atoms with Crippen LogP contribution in [0.2, 0.25) is 0 Å². The molecule has 1 aliphatic carbocycles. The van der Waals surface area contributed by atoms with E-state index >= 15 is 0 Å². The van der Waals surface area contributed by atoms with Gasteiger partial charge >= 0.3 is 0 Å². The zero-order chi connectivity index (χ0) is 10.5. The molecule has 0 radical (unpaired) electrons. The van der Waals surface area contributed by atoms with Crippen molar-refractivity contribution in [3.63, 3.8) is 0 Å². The van der Waals surface area contributed by atoms with Crippen molar-refractivity contribution >= 4 is 5.91 Å². The smallest absolute Gasteiger partial charge is 0.292 e. The first-order chi connectivity index (χ1) is 7.36. The van der Waals surface area contributed by atoms with Gasteiger partial charge in [0.15, 0.2) is 0 Å². The Morgan fingerprint density at radius 3 is 2.87 bits per heavy atom. The minimum absolute atomic E-state index is 0.116. The Morgan fingerprint density at radius 1 is 1.40 bits per heavy atom. The van der Waals surface area contributed by atoms with Crippen molar-refractivity contribution in [3.8, 4) is 0 Å². The third-order valence-electron chi connectivity index (χ3n) is 2.82. The van der Waals surface area contributed by atoms with Gasteiger partial charge in [-0.3, -0.25) is 4.79 Å². The summed E-state index contributed by atoms with van der Waals surface area (Å²) in [6, 6.07) is 0. The molecule has 0 spiro atoms. The van der Waals surface area contributed by atoms with Gasteiger partial charge in [0, 0.05) is 6.54 Å². The average Bonchev–Trinajstić information content (AvgIpc) is 2.81. The Bertz CT molecular complexity index is 304. The first-order valence-electron chi connectivity index (χ1n) is 5.38. The van der Waals surface area contributed by atoms with Crippen LogP contribution < -0.4 is 5.32 Å². The molecule has 0 atom stereocenters. The average molecular weight is 209 g/mol. The lowest BCUT2D eigenvalue weighted by Crippen LogP contribution is -2.31. The summed E-state index contributed by atoms with van der Waals surface area (Å²) in [6.45, 7) is 0.730. The van der Waals surface area contributed by atoms with Gasteiger partial charge in [0.05, 0.1) is 0 Å². The third-order valence-corrected chi connectivity index (χ3v) is 2.82. The minimum atomic E-state index is -0.241. The molecule has 6 nitrogen and oxygen atoms in total. The van der Waals surface area contributed by atoms with Crippen LogP contribution in [0.4, 0.5) is 0 Å². The highest BCUT2D eigenvalue weighted by Crippen LogP contribution is 2.22. The molecule has 1 aliphatic rings. The van der Waals surface area contributed by atoms with Crippen LogP contribution in [0.5, 0.6) is 0 Å². The van der Waals surface area contributed by atoms with Crippen LogP contribution in [0.1, 0.15) is 42.7 Å². The van der Waals surface area contributed by atoms with Crippen molar-refractivity contribution in [2.75, 3.05) is 6.54 Å². The standard InChI is InChI=1S/C9H15N5O/c15-9(8-11-13-14-12-8)10-6-7-4-2-1-3-5-7/h7H,1-6H2,(H,10,15)(H,11,12,13,14). The Balaban J connectivity index is 1.75. The van der Waals surface area contributed by atoms with Gasteiger partial charge in [0.25, 0.3) is 11.7 Å². The largest absolute Gasteiger partial charge is 0.349 e. The molecule has 1 aromatic rings. The number of amides is 1. The summed E-state index contributed by atoms with van der Waals surface area (Å²) in [4.78, 5) is 11.5. The van der Waals surface area contributed by atoms with E-state index in [2.05, 4.69) is 25.9 Å².